The fourth-order valence-corrected chi connectivity index (χ4v) is 1.07. The van der Waals surface area contributed by atoms with E-state index in [1.54, 1.807) is 0 Å². The van der Waals surface area contributed by atoms with Gasteiger partial charge in [-0.1, -0.05) is 0 Å². The predicted octanol–water partition coefficient (Wildman–Crippen LogP) is 0.510. The molecule has 0 aliphatic rings. The highest BCUT2D eigenvalue weighted by molar-refractivity contribution is 5.93. The van der Waals surface area contributed by atoms with Gasteiger partial charge in [-0.05, 0) is 12.1 Å². The molecule has 0 aromatic heterocycles. The summed E-state index contributed by atoms with van der Waals surface area (Å²) in [5.41, 5.74) is 15.1. The van der Waals surface area contributed by atoms with Crippen molar-refractivity contribution < 1.29 is 23.0 Å². The molecule has 0 saturated heterocycles. The maximum absolute atomic E-state index is 12.0. The van der Waals surface area contributed by atoms with E-state index in [0.717, 1.165) is 18.2 Å². The molecule has 0 bridgehead atoms. The number of nitrogens with two attached hydrogens (primary N) is 3. The lowest BCUT2D eigenvalue weighted by atomic mass is 10.3. The summed E-state index contributed by atoms with van der Waals surface area (Å²) < 4.78 is 39.7. The fourth-order valence-electron chi connectivity index (χ4n) is 1.07. The number of hydrogen-bond acceptors (Lipinski definition) is 3. The molecule has 0 atom stereocenters. The normalized spacial score (nSPS) is 12.1. The Labute approximate surface area is 105 Å². The van der Waals surface area contributed by atoms with E-state index < -0.39 is 23.8 Å². The summed E-state index contributed by atoms with van der Waals surface area (Å²) in [5, 5.41) is 9.41. The maximum atomic E-state index is 12.0. The first-order valence-electron chi connectivity index (χ1n) is 4.70. The second-order valence-electron chi connectivity index (χ2n) is 3.20. The van der Waals surface area contributed by atoms with Crippen molar-refractivity contribution in [2.75, 3.05) is 0 Å². The Morgan fingerprint density at radius 3 is 2.37 bits per heavy atom. The summed E-state index contributed by atoms with van der Waals surface area (Å²) in [6.45, 7) is 0. The number of phenols is 1. The zero-order chi connectivity index (χ0) is 14.6. The van der Waals surface area contributed by atoms with Crippen LogP contribution in [0.3, 0.4) is 0 Å². The van der Waals surface area contributed by atoms with Gasteiger partial charge in [-0.3, -0.25) is 0 Å². The molecule has 0 aliphatic heterocycles. The number of aromatic hydroxyl groups is 1. The van der Waals surface area contributed by atoms with Crippen LogP contribution < -0.4 is 21.9 Å². The second-order valence-corrected chi connectivity index (χ2v) is 3.20. The molecule has 1 aromatic rings. The number of nitrogens with zero attached hydrogens (tertiary/aromatic N) is 2. The zero-order valence-electron chi connectivity index (χ0n) is 9.35. The Hall–Kier alpha value is -2.65. The highest BCUT2D eigenvalue weighted by Gasteiger charge is 2.31. The van der Waals surface area contributed by atoms with Gasteiger partial charge in [0.25, 0.3) is 0 Å². The van der Waals surface area contributed by atoms with Crippen molar-refractivity contribution in [3.63, 3.8) is 0 Å². The van der Waals surface area contributed by atoms with Crippen LogP contribution in [0.1, 0.15) is 0 Å². The molecule has 10 heteroatoms. The number of halogens is 3. The fraction of sp³-hybridized carbons (Fsp3) is 0.111. The van der Waals surface area contributed by atoms with Gasteiger partial charge in [0.2, 0.25) is 5.96 Å². The van der Waals surface area contributed by atoms with E-state index >= 15 is 0 Å². The minimum atomic E-state index is -4.86. The van der Waals surface area contributed by atoms with Crippen molar-refractivity contribution in [1.29, 1.82) is 0 Å². The summed E-state index contributed by atoms with van der Waals surface area (Å²) in [6, 6.07) is 2.71. The monoisotopic (exact) mass is 277 g/mol. The minimum Gasteiger partial charge on any atom is -0.506 e. The third-order valence-corrected chi connectivity index (χ3v) is 1.66. The van der Waals surface area contributed by atoms with Crippen molar-refractivity contribution in [3.05, 3.63) is 18.2 Å². The Kier molecular flexibility index (Phi) is 4.04. The summed E-state index contributed by atoms with van der Waals surface area (Å²) in [4.78, 5) is 6.88. The molecule has 0 saturated carbocycles. The molecule has 1 rings (SSSR count). The molecule has 7 N–H and O–H groups in total. The molecule has 1 aromatic carbocycles. The van der Waals surface area contributed by atoms with E-state index in [-0.39, 0.29) is 11.6 Å². The molecule has 0 aliphatic carbocycles. The first kappa shape index (κ1) is 14.4. The van der Waals surface area contributed by atoms with Gasteiger partial charge in [0, 0.05) is 6.07 Å². The van der Waals surface area contributed by atoms with Crippen LogP contribution in [0, 0.1) is 0 Å². The van der Waals surface area contributed by atoms with Crippen molar-refractivity contribution in [2.24, 2.45) is 27.2 Å². The molecule has 0 unspecified atom stereocenters. The topological polar surface area (TPSA) is 132 Å². The number of ether oxygens (including phenoxy) is 1. The number of guanidine groups is 2. The molecular weight excluding hydrogens is 267 g/mol. The first-order valence-corrected chi connectivity index (χ1v) is 4.70. The molecule has 19 heavy (non-hydrogen) atoms. The molecular formula is C9H10F3N5O2. The molecule has 0 heterocycles. The van der Waals surface area contributed by atoms with E-state index in [1.807, 2.05) is 0 Å². The number of aliphatic imine (C=N–C) groups is 2. The van der Waals surface area contributed by atoms with Gasteiger partial charge < -0.3 is 27.0 Å². The van der Waals surface area contributed by atoms with E-state index in [0.29, 0.717) is 0 Å². The van der Waals surface area contributed by atoms with Gasteiger partial charge in [0.15, 0.2) is 5.96 Å². The molecule has 7 nitrogen and oxygen atoms in total. The number of alkyl halides is 3. The standard InChI is InChI=1S/C9H10F3N5O2/c10-9(11,12)19-4-1-2-6(18)5(3-4)16-8(15)17-7(13)14/h1-3,18H,(H6,13,14,15,16,17). The highest BCUT2D eigenvalue weighted by Crippen LogP contribution is 2.33. The summed E-state index contributed by atoms with van der Waals surface area (Å²) in [7, 11) is 0. The molecule has 0 radical (unpaired) electrons. The van der Waals surface area contributed by atoms with Crippen molar-refractivity contribution in [3.8, 4) is 11.5 Å². The van der Waals surface area contributed by atoms with Gasteiger partial charge in [0.05, 0.1) is 0 Å². The third-order valence-electron chi connectivity index (χ3n) is 1.66. The van der Waals surface area contributed by atoms with Crippen molar-refractivity contribution in [1.82, 2.24) is 0 Å². The largest absolute Gasteiger partial charge is 0.573 e. The number of phenolic OH excluding ortho intramolecular Hbond substituents is 1. The Morgan fingerprint density at radius 1 is 1.21 bits per heavy atom. The average molecular weight is 277 g/mol. The van der Waals surface area contributed by atoms with Crippen molar-refractivity contribution >= 4 is 17.6 Å². The zero-order valence-corrected chi connectivity index (χ0v) is 9.35. The lowest BCUT2D eigenvalue weighted by Gasteiger charge is -2.09. The van der Waals surface area contributed by atoms with Gasteiger partial charge in [-0.25, -0.2) is 4.99 Å². The van der Waals surface area contributed by atoms with E-state index in [9.17, 15) is 18.3 Å². The van der Waals surface area contributed by atoms with Gasteiger partial charge in [-0.15, -0.1) is 13.2 Å². The van der Waals surface area contributed by atoms with E-state index in [4.69, 9.17) is 17.2 Å². The van der Waals surface area contributed by atoms with Crippen LogP contribution >= 0.6 is 0 Å². The van der Waals surface area contributed by atoms with Gasteiger partial charge in [0.1, 0.15) is 17.2 Å². The van der Waals surface area contributed by atoms with Crippen molar-refractivity contribution in [2.45, 2.75) is 6.36 Å². The molecule has 0 fully saturated rings. The average Bonchev–Trinajstić information content (AvgIpc) is 2.19. The lowest BCUT2D eigenvalue weighted by Crippen LogP contribution is -2.26. The second kappa shape index (κ2) is 5.33. The van der Waals surface area contributed by atoms with E-state index in [2.05, 4.69) is 14.7 Å². The van der Waals surface area contributed by atoms with Crippen LogP contribution in [-0.4, -0.2) is 23.4 Å². The van der Waals surface area contributed by atoms with Gasteiger partial charge >= 0.3 is 6.36 Å². The highest BCUT2D eigenvalue weighted by atomic mass is 19.4. The molecule has 0 spiro atoms. The number of hydrogen-bond donors (Lipinski definition) is 4. The quantitative estimate of drug-likeness (QED) is 0.462. The van der Waals surface area contributed by atoms with E-state index in [1.165, 1.54) is 0 Å². The third kappa shape index (κ3) is 5.02. The summed E-state index contributed by atoms with van der Waals surface area (Å²) in [5.74, 6) is -1.80. The lowest BCUT2D eigenvalue weighted by molar-refractivity contribution is -0.274. The van der Waals surface area contributed by atoms with Gasteiger partial charge in [-0.2, -0.15) is 4.99 Å². The Morgan fingerprint density at radius 2 is 1.84 bits per heavy atom. The van der Waals surface area contributed by atoms with Crippen LogP contribution in [0.2, 0.25) is 0 Å². The van der Waals surface area contributed by atoms with Crippen LogP contribution in [0.4, 0.5) is 18.9 Å². The van der Waals surface area contributed by atoms with Crippen LogP contribution in [-0.2, 0) is 0 Å². The smallest absolute Gasteiger partial charge is 0.506 e. The SMILES string of the molecule is NC(N)=NC(N)=Nc1cc(OC(F)(F)F)ccc1O. The Bertz CT molecular complexity index is 523. The molecule has 0 amide bonds. The molecule has 104 valence electrons. The minimum absolute atomic E-state index is 0.274. The number of rotatable bonds is 2. The summed E-state index contributed by atoms with van der Waals surface area (Å²) in [6.07, 6.45) is -4.86. The van der Waals surface area contributed by atoms with Crippen LogP contribution in [0.15, 0.2) is 28.2 Å². The predicted molar refractivity (Wildman–Crippen MR) is 61.9 cm³/mol. The number of benzene rings is 1. The summed E-state index contributed by atoms with van der Waals surface area (Å²) >= 11 is 0. The first-order chi connectivity index (χ1) is 8.67. The van der Waals surface area contributed by atoms with Crippen LogP contribution in [0.5, 0.6) is 11.5 Å². The van der Waals surface area contributed by atoms with Crippen LogP contribution in [0.25, 0.3) is 0 Å². The maximum Gasteiger partial charge on any atom is 0.573 e. The Balaban J connectivity index is 3.08.